The molecule has 2 amide bonds. The highest BCUT2D eigenvalue weighted by Gasteiger charge is 2.35. The molecule has 1 unspecified atom stereocenters. The van der Waals surface area contributed by atoms with Crippen molar-refractivity contribution < 1.29 is 14.3 Å². The maximum Gasteiger partial charge on any atom is 0.229 e. The molecule has 1 atom stereocenters. The van der Waals surface area contributed by atoms with Crippen LogP contribution in [0.1, 0.15) is 25.8 Å². The number of nitrogens with one attached hydrogen (secondary N) is 1. The normalized spacial score (nSPS) is 16.6. The molecule has 0 bridgehead atoms. The number of amides is 2. The van der Waals surface area contributed by atoms with Crippen LogP contribution in [-0.4, -0.2) is 25.0 Å². The number of carbonyl (C=O) groups is 2. The zero-order valence-corrected chi connectivity index (χ0v) is 15.2. The van der Waals surface area contributed by atoms with E-state index in [2.05, 4.69) is 12.2 Å². The third kappa shape index (κ3) is 3.87. The summed E-state index contributed by atoms with van der Waals surface area (Å²) in [6.45, 7) is 4.91. The first kappa shape index (κ1) is 18.0. The van der Waals surface area contributed by atoms with Crippen LogP contribution < -0.4 is 15.0 Å². The van der Waals surface area contributed by atoms with Gasteiger partial charge in [-0.1, -0.05) is 31.2 Å². The molecule has 1 saturated heterocycles. The molecule has 1 aliphatic rings. The Bertz CT molecular complexity index is 786. The number of rotatable bonds is 6. The molecular weight excluding hydrogens is 328 g/mol. The molecule has 0 spiro atoms. The Morgan fingerprint density at radius 3 is 2.58 bits per heavy atom. The molecule has 0 radical (unpaired) electrons. The molecular formula is C21H24N2O3. The van der Waals surface area contributed by atoms with E-state index in [0.29, 0.717) is 24.6 Å². The Morgan fingerprint density at radius 1 is 1.15 bits per heavy atom. The molecule has 0 aromatic heterocycles. The summed E-state index contributed by atoms with van der Waals surface area (Å²) in [6.07, 6.45) is 1.18. The fourth-order valence-corrected chi connectivity index (χ4v) is 3.13. The standard InChI is InChI=1S/C21H24N2O3/c1-3-15-9-11-17(12-10-15)23-14-16(13-20(23)24)21(25)22-18-7-5-6-8-19(18)26-4-2/h5-12,16H,3-4,13-14H2,1-2H3,(H,22,25). The number of carbonyl (C=O) groups excluding carboxylic acids is 2. The summed E-state index contributed by atoms with van der Waals surface area (Å²) in [5.41, 5.74) is 2.71. The number of benzene rings is 2. The molecule has 2 aromatic rings. The van der Waals surface area contributed by atoms with E-state index in [1.807, 2.05) is 49.4 Å². The van der Waals surface area contributed by atoms with Gasteiger partial charge in [0.25, 0.3) is 0 Å². The van der Waals surface area contributed by atoms with Crippen molar-refractivity contribution in [2.45, 2.75) is 26.7 Å². The fraction of sp³-hybridized carbons (Fsp3) is 0.333. The summed E-state index contributed by atoms with van der Waals surface area (Å²) in [5, 5.41) is 2.91. The highest BCUT2D eigenvalue weighted by atomic mass is 16.5. The van der Waals surface area contributed by atoms with Gasteiger partial charge in [0.1, 0.15) is 5.75 Å². The first-order valence-electron chi connectivity index (χ1n) is 9.04. The highest BCUT2D eigenvalue weighted by Crippen LogP contribution is 2.28. The van der Waals surface area contributed by atoms with Gasteiger partial charge in [0.2, 0.25) is 11.8 Å². The van der Waals surface area contributed by atoms with Gasteiger partial charge >= 0.3 is 0 Å². The molecule has 1 N–H and O–H groups in total. The molecule has 5 heteroatoms. The molecule has 5 nitrogen and oxygen atoms in total. The van der Waals surface area contributed by atoms with Crippen LogP contribution in [0.3, 0.4) is 0 Å². The monoisotopic (exact) mass is 352 g/mol. The zero-order valence-electron chi connectivity index (χ0n) is 15.2. The van der Waals surface area contributed by atoms with Crippen molar-refractivity contribution >= 4 is 23.2 Å². The summed E-state index contributed by atoms with van der Waals surface area (Å²) in [6, 6.07) is 15.3. The second-order valence-corrected chi connectivity index (χ2v) is 6.34. The Balaban J connectivity index is 1.69. The average molecular weight is 352 g/mol. The van der Waals surface area contributed by atoms with Crippen molar-refractivity contribution in [2.75, 3.05) is 23.4 Å². The van der Waals surface area contributed by atoms with Gasteiger partial charge in [0, 0.05) is 18.7 Å². The largest absolute Gasteiger partial charge is 0.492 e. The lowest BCUT2D eigenvalue weighted by Gasteiger charge is -2.17. The van der Waals surface area contributed by atoms with Crippen LogP contribution in [0.25, 0.3) is 0 Å². The number of nitrogens with zero attached hydrogens (tertiary/aromatic N) is 1. The van der Waals surface area contributed by atoms with Crippen LogP contribution >= 0.6 is 0 Å². The summed E-state index contributed by atoms with van der Waals surface area (Å²) in [5.74, 6) is 0.0911. The Kier molecular flexibility index (Phi) is 5.56. The van der Waals surface area contributed by atoms with Gasteiger partial charge in [0.05, 0.1) is 18.2 Å². The molecule has 26 heavy (non-hydrogen) atoms. The Morgan fingerprint density at radius 2 is 1.88 bits per heavy atom. The van der Waals surface area contributed by atoms with Gasteiger partial charge < -0.3 is 15.0 Å². The molecule has 1 aliphatic heterocycles. The van der Waals surface area contributed by atoms with Gasteiger partial charge in [-0.2, -0.15) is 0 Å². The van der Waals surface area contributed by atoms with E-state index < -0.39 is 0 Å². The average Bonchev–Trinajstić information content (AvgIpc) is 3.05. The number of para-hydroxylation sites is 2. The minimum Gasteiger partial charge on any atom is -0.492 e. The van der Waals surface area contributed by atoms with Crippen molar-refractivity contribution in [3.05, 3.63) is 54.1 Å². The third-order valence-corrected chi connectivity index (χ3v) is 4.60. The minimum absolute atomic E-state index is 0.0208. The maximum atomic E-state index is 12.6. The van der Waals surface area contributed by atoms with Crippen LogP contribution in [0.2, 0.25) is 0 Å². The van der Waals surface area contributed by atoms with Crippen molar-refractivity contribution in [3.8, 4) is 5.75 Å². The molecule has 1 heterocycles. The van der Waals surface area contributed by atoms with Crippen LogP contribution in [0.5, 0.6) is 5.75 Å². The van der Waals surface area contributed by atoms with Crippen molar-refractivity contribution in [3.63, 3.8) is 0 Å². The number of hydrogen-bond donors (Lipinski definition) is 1. The van der Waals surface area contributed by atoms with Gasteiger partial charge in [0.15, 0.2) is 0 Å². The lowest BCUT2D eigenvalue weighted by Crippen LogP contribution is -2.28. The molecule has 0 aliphatic carbocycles. The van der Waals surface area contributed by atoms with E-state index in [4.69, 9.17) is 4.74 Å². The van der Waals surface area contributed by atoms with Gasteiger partial charge in [-0.25, -0.2) is 0 Å². The minimum atomic E-state index is -0.372. The zero-order chi connectivity index (χ0) is 18.5. The van der Waals surface area contributed by atoms with E-state index in [9.17, 15) is 9.59 Å². The first-order valence-corrected chi connectivity index (χ1v) is 9.04. The number of hydrogen-bond acceptors (Lipinski definition) is 3. The topological polar surface area (TPSA) is 58.6 Å². The molecule has 1 fully saturated rings. The second kappa shape index (κ2) is 8.04. The highest BCUT2D eigenvalue weighted by molar-refractivity contribution is 6.03. The quantitative estimate of drug-likeness (QED) is 0.863. The van der Waals surface area contributed by atoms with Gasteiger partial charge in [-0.15, -0.1) is 0 Å². The Labute approximate surface area is 154 Å². The van der Waals surface area contributed by atoms with Crippen LogP contribution in [0.4, 0.5) is 11.4 Å². The lowest BCUT2D eigenvalue weighted by atomic mass is 10.1. The smallest absolute Gasteiger partial charge is 0.229 e. The van der Waals surface area contributed by atoms with Crippen molar-refractivity contribution in [1.29, 1.82) is 0 Å². The number of aryl methyl sites for hydroxylation is 1. The van der Waals surface area contributed by atoms with Crippen LogP contribution in [0.15, 0.2) is 48.5 Å². The summed E-state index contributed by atoms with van der Waals surface area (Å²) in [7, 11) is 0. The van der Waals surface area contributed by atoms with Gasteiger partial charge in [-0.05, 0) is 43.2 Å². The number of anilines is 2. The van der Waals surface area contributed by atoms with E-state index in [-0.39, 0.29) is 24.2 Å². The lowest BCUT2D eigenvalue weighted by molar-refractivity contribution is -0.122. The van der Waals surface area contributed by atoms with Crippen LogP contribution in [-0.2, 0) is 16.0 Å². The van der Waals surface area contributed by atoms with E-state index >= 15 is 0 Å². The summed E-state index contributed by atoms with van der Waals surface area (Å²) < 4.78 is 5.54. The Hall–Kier alpha value is -2.82. The van der Waals surface area contributed by atoms with E-state index in [0.717, 1.165) is 12.1 Å². The maximum absolute atomic E-state index is 12.6. The summed E-state index contributed by atoms with van der Waals surface area (Å²) >= 11 is 0. The molecule has 136 valence electrons. The third-order valence-electron chi connectivity index (χ3n) is 4.60. The second-order valence-electron chi connectivity index (χ2n) is 6.34. The molecule has 2 aromatic carbocycles. The van der Waals surface area contributed by atoms with E-state index in [1.54, 1.807) is 11.0 Å². The van der Waals surface area contributed by atoms with Crippen molar-refractivity contribution in [1.82, 2.24) is 0 Å². The predicted molar refractivity (Wildman–Crippen MR) is 103 cm³/mol. The fourth-order valence-electron chi connectivity index (χ4n) is 3.13. The van der Waals surface area contributed by atoms with Crippen molar-refractivity contribution in [2.24, 2.45) is 5.92 Å². The predicted octanol–water partition coefficient (Wildman–Crippen LogP) is 3.64. The van der Waals surface area contributed by atoms with Gasteiger partial charge in [-0.3, -0.25) is 9.59 Å². The van der Waals surface area contributed by atoms with E-state index in [1.165, 1.54) is 5.56 Å². The number of ether oxygens (including phenoxy) is 1. The molecule has 0 saturated carbocycles. The first-order chi connectivity index (χ1) is 12.6. The summed E-state index contributed by atoms with van der Waals surface area (Å²) in [4.78, 5) is 26.7. The SMILES string of the molecule is CCOc1ccccc1NC(=O)C1CC(=O)N(c2ccc(CC)cc2)C1. The molecule has 3 rings (SSSR count). The van der Waals surface area contributed by atoms with Crippen LogP contribution in [0, 0.1) is 5.92 Å².